The second kappa shape index (κ2) is 9.36. The van der Waals surface area contributed by atoms with Crippen LogP contribution in [0.15, 0.2) is 77.9 Å². The third kappa shape index (κ3) is 4.08. The Labute approximate surface area is 223 Å². The van der Waals surface area contributed by atoms with Crippen LogP contribution in [0.3, 0.4) is 0 Å². The molecular formula is C30H25FN6O2. The van der Waals surface area contributed by atoms with E-state index >= 15 is 0 Å². The van der Waals surface area contributed by atoms with E-state index in [1.807, 2.05) is 62.4 Å². The number of nitrogen functional groups attached to an aromatic ring is 1. The molecular weight excluding hydrogens is 495 g/mol. The number of anilines is 1. The van der Waals surface area contributed by atoms with Crippen LogP contribution in [0.2, 0.25) is 0 Å². The Morgan fingerprint density at radius 3 is 2.54 bits per heavy atom. The summed E-state index contributed by atoms with van der Waals surface area (Å²) in [5, 5.41) is 6.80. The first-order chi connectivity index (χ1) is 18.9. The Bertz CT molecular complexity index is 1960. The van der Waals surface area contributed by atoms with Gasteiger partial charge in [-0.2, -0.15) is 5.10 Å². The van der Waals surface area contributed by atoms with Crippen LogP contribution in [0.25, 0.3) is 38.8 Å². The molecule has 0 amide bonds. The first kappa shape index (κ1) is 24.3. The van der Waals surface area contributed by atoms with Gasteiger partial charge in [0.15, 0.2) is 5.65 Å². The summed E-state index contributed by atoms with van der Waals surface area (Å²) in [6.07, 6.45) is 1.37. The highest BCUT2D eigenvalue weighted by Crippen LogP contribution is 2.33. The summed E-state index contributed by atoms with van der Waals surface area (Å²) in [7, 11) is 1.47. The first-order valence-corrected chi connectivity index (χ1v) is 12.4. The fourth-order valence-corrected chi connectivity index (χ4v) is 5.10. The van der Waals surface area contributed by atoms with Gasteiger partial charge in [0, 0.05) is 17.3 Å². The van der Waals surface area contributed by atoms with E-state index in [1.54, 1.807) is 15.3 Å². The number of aromatic nitrogens is 5. The van der Waals surface area contributed by atoms with E-state index in [4.69, 9.17) is 15.6 Å². The van der Waals surface area contributed by atoms with Crippen LogP contribution < -0.4 is 16.0 Å². The van der Waals surface area contributed by atoms with Crippen LogP contribution in [0, 0.1) is 19.7 Å². The van der Waals surface area contributed by atoms with Crippen LogP contribution in [0.5, 0.6) is 5.75 Å². The highest BCUT2D eigenvalue weighted by atomic mass is 19.1. The summed E-state index contributed by atoms with van der Waals surface area (Å²) >= 11 is 0. The minimum Gasteiger partial charge on any atom is -0.497 e. The maximum atomic E-state index is 14.4. The predicted octanol–water partition coefficient (Wildman–Crippen LogP) is 5.19. The van der Waals surface area contributed by atoms with Crippen molar-refractivity contribution in [2.24, 2.45) is 0 Å². The number of ether oxygens (including phenoxy) is 1. The predicted molar refractivity (Wildman–Crippen MR) is 150 cm³/mol. The van der Waals surface area contributed by atoms with Gasteiger partial charge in [-0.25, -0.2) is 19.0 Å². The number of methoxy groups -OCH3 is 1. The Balaban J connectivity index is 1.62. The third-order valence-corrected chi connectivity index (χ3v) is 6.94. The normalized spacial score (nSPS) is 11.4. The largest absolute Gasteiger partial charge is 0.497 e. The second-order valence-electron chi connectivity index (χ2n) is 9.45. The van der Waals surface area contributed by atoms with E-state index in [-0.39, 0.29) is 17.9 Å². The maximum Gasteiger partial charge on any atom is 0.263 e. The van der Waals surface area contributed by atoms with Crippen molar-refractivity contribution >= 4 is 27.6 Å². The number of hydrogen-bond acceptors (Lipinski definition) is 6. The summed E-state index contributed by atoms with van der Waals surface area (Å²) in [5.74, 6) is 0.0945. The van der Waals surface area contributed by atoms with Crippen molar-refractivity contribution < 1.29 is 9.13 Å². The Morgan fingerprint density at radius 1 is 0.949 bits per heavy atom. The summed E-state index contributed by atoms with van der Waals surface area (Å²) in [4.78, 5) is 22.6. The molecule has 0 saturated carbocycles. The van der Waals surface area contributed by atoms with Gasteiger partial charge >= 0.3 is 0 Å². The number of benzene rings is 3. The van der Waals surface area contributed by atoms with E-state index in [9.17, 15) is 9.18 Å². The van der Waals surface area contributed by atoms with Gasteiger partial charge in [0.05, 0.1) is 30.1 Å². The molecule has 0 aliphatic rings. The van der Waals surface area contributed by atoms with Crippen LogP contribution in [-0.4, -0.2) is 31.4 Å². The topological polar surface area (TPSA) is 101 Å². The molecule has 0 atom stereocenters. The standard InChI is InChI=1S/C30H25FN6O2/c1-17-7-4-5-10-24(17)37-22(12-19-9-6-8-18(2)25(19)30(37)38)15-36-29-26(28(32)33-16-34-29)27(35-36)20-11-21(31)14-23(13-20)39-3/h4-14,16H,15H2,1-3H3,(H2,32,33,34). The van der Waals surface area contributed by atoms with Crippen molar-refractivity contribution in [2.75, 3.05) is 12.8 Å². The quantitative estimate of drug-likeness (QED) is 0.336. The van der Waals surface area contributed by atoms with Gasteiger partial charge in [-0.3, -0.25) is 9.36 Å². The molecule has 3 aromatic heterocycles. The van der Waals surface area contributed by atoms with Gasteiger partial charge in [-0.1, -0.05) is 36.4 Å². The first-order valence-electron chi connectivity index (χ1n) is 12.4. The minimum atomic E-state index is -0.472. The molecule has 6 aromatic rings. The van der Waals surface area contributed by atoms with Crippen molar-refractivity contribution in [3.8, 4) is 22.7 Å². The molecule has 194 valence electrons. The van der Waals surface area contributed by atoms with Crippen molar-refractivity contribution in [1.82, 2.24) is 24.3 Å². The van der Waals surface area contributed by atoms with E-state index in [2.05, 4.69) is 9.97 Å². The Morgan fingerprint density at radius 2 is 1.74 bits per heavy atom. The van der Waals surface area contributed by atoms with Gasteiger partial charge < -0.3 is 10.5 Å². The number of nitrogens with two attached hydrogens (primary N) is 1. The minimum absolute atomic E-state index is 0.115. The lowest BCUT2D eigenvalue weighted by Gasteiger charge is -2.17. The van der Waals surface area contributed by atoms with Crippen molar-refractivity contribution in [3.05, 3.63) is 106 Å². The van der Waals surface area contributed by atoms with Crippen molar-refractivity contribution in [1.29, 1.82) is 0 Å². The van der Waals surface area contributed by atoms with Crippen LogP contribution in [0.4, 0.5) is 10.2 Å². The second-order valence-corrected chi connectivity index (χ2v) is 9.45. The molecule has 0 bridgehead atoms. The van der Waals surface area contributed by atoms with Gasteiger partial charge in [-0.05, 0) is 54.6 Å². The molecule has 6 rings (SSSR count). The fourth-order valence-electron chi connectivity index (χ4n) is 5.10. The monoisotopic (exact) mass is 520 g/mol. The van der Waals surface area contributed by atoms with Crippen molar-refractivity contribution in [2.45, 2.75) is 20.4 Å². The van der Waals surface area contributed by atoms with Crippen LogP contribution >= 0.6 is 0 Å². The highest BCUT2D eigenvalue weighted by Gasteiger charge is 2.21. The highest BCUT2D eigenvalue weighted by molar-refractivity contribution is 5.98. The maximum absolute atomic E-state index is 14.4. The molecule has 0 aliphatic carbocycles. The van der Waals surface area contributed by atoms with Crippen LogP contribution in [0.1, 0.15) is 16.8 Å². The molecule has 0 unspecified atom stereocenters. The van der Waals surface area contributed by atoms with Gasteiger partial charge in [0.25, 0.3) is 5.56 Å². The zero-order valence-corrected chi connectivity index (χ0v) is 21.6. The molecule has 3 heterocycles. The smallest absolute Gasteiger partial charge is 0.263 e. The molecule has 8 nitrogen and oxygen atoms in total. The molecule has 2 N–H and O–H groups in total. The number of nitrogens with zero attached hydrogens (tertiary/aromatic N) is 5. The number of halogens is 1. The SMILES string of the molecule is COc1cc(F)cc(-c2nn(Cc3cc4cccc(C)c4c(=O)n3-c3ccccc3C)c3ncnc(N)c23)c1. The zero-order chi connectivity index (χ0) is 27.3. The number of para-hydroxylation sites is 1. The molecule has 0 spiro atoms. The van der Waals surface area contributed by atoms with E-state index in [1.165, 1.54) is 25.6 Å². The van der Waals surface area contributed by atoms with Crippen LogP contribution in [-0.2, 0) is 6.54 Å². The Kier molecular flexibility index (Phi) is 5.83. The van der Waals surface area contributed by atoms with E-state index < -0.39 is 5.82 Å². The van der Waals surface area contributed by atoms with Crippen molar-refractivity contribution in [3.63, 3.8) is 0 Å². The molecule has 0 radical (unpaired) electrons. The summed E-state index contributed by atoms with van der Waals surface area (Å²) in [5.41, 5.74) is 10.9. The third-order valence-electron chi connectivity index (χ3n) is 6.94. The van der Waals surface area contributed by atoms with Gasteiger partial charge in [0.1, 0.15) is 29.4 Å². The van der Waals surface area contributed by atoms with E-state index in [0.29, 0.717) is 39.1 Å². The fraction of sp³-hybridized carbons (Fsp3) is 0.133. The number of fused-ring (bicyclic) bond motifs is 2. The lowest BCUT2D eigenvalue weighted by Crippen LogP contribution is -2.25. The lowest BCUT2D eigenvalue weighted by molar-refractivity contribution is 0.411. The average Bonchev–Trinajstić information content (AvgIpc) is 3.29. The van der Waals surface area contributed by atoms with Gasteiger partial charge in [-0.15, -0.1) is 0 Å². The molecule has 9 heteroatoms. The number of hydrogen-bond donors (Lipinski definition) is 1. The van der Waals surface area contributed by atoms with E-state index in [0.717, 1.165) is 22.2 Å². The molecule has 39 heavy (non-hydrogen) atoms. The molecule has 0 fully saturated rings. The summed E-state index contributed by atoms with van der Waals surface area (Å²) in [6, 6.07) is 19.9. The molecule has 0 aliphatic heterocycles. The summed E-state index contributed by atoms with van der Waals surface area (Å²) in [6.45, 7) is 4.11. The number of aryl methyl sites for hydroxylation is 2. The molecule has 3 aromatic carbocycles. The Hall–Kier alpha value is -5.05. The lowest BCUT2D eigenvalue weighted by atomic mass is 10.1. The number of pyridine rings is 1. The summed E-state index contributed by atoms with van der Waals surface area (Å²) < 4.78 is 23.1. The average molecular weight is 521 g/mol. The zero-order valence-electron chi connectivity index (χ0n) is 21.6. The van der Waals surface area contributed by atoms with Gasteiger partial charge in [0.2, 0.25) is 0 Å². The molecule has 0 saturated heterocycles. The number of rotatable bonds is 5.